The Balaban J connectivity index is 3.01. The summed E-state index contributed by atoms with van der Waals surface area (Å²) in [4.78, 5) is 10.1. The van der Waals surface area contributed by atoms with Gasteiger partial charge in [0.25, 0.3) is 5.69 Å². The van der Waals surface area contributed by atoms with E-state index in [9.17, 15) is 10.1 Å². The van der Waals surface area contributed by atoms with Crippen molar-refractivity contribution in [2.45, 2.75) is 0 Å². The summed E-state index contributed by atoms with van der Waals surface area (Å²) < 4.78 is 5.03. The molecule has 0 aliphatic heterocycles. The number of hydrazone groups is 1. The molecule has 0 aliphatic carbocycles. The summed E-state index contributed by atoms with van der Waals surface area (Å²) in [5.41, 5.74) is 7.92. The predicted octanol–water partition coefficient (Wildman–Crippen LogP) is 0.770. The molecule has 0 unspecified atom stereocenters. The van der Waals surface area contributed by atoms with Crippen LogP contribution in [0.3, 0.4) is 0 Å². The van der Waals surface area contributed by atoms with Crippen LogP contribution in [0.2, 0.25) is 0 Å². The van der Waals surface area contributed by atoms with E-state index in [0.717, 1.165) is 0 Å². The van der Waals surface area contributed by atoms with Gasteiger partial charge in [0.15, 0.2) is 5.11 Å². The second-order valence-electron chi connectivity index (χ2n) is 2.92. The number of rotatable bonds is 4. The van der Waals surface area contributed by atoms with Crippen LogP contribution in [-0.4, -0.2) is 23.4 Å². The van der Waals surface area contributed by atoms with Crippen molar-refractivity contribution in [3.63, 3.8) is 0 Å². The molecule has 0 bridgehead atoms. The topological polar surface area (TPSA) is 103 Å². The number of nitro benzene ring substituents is 1. The second kappa shape index (κ2) is 5.75. The molecule has 3 N–H and O–H groups in total. The number of nitrogens with one attached hydrogen (secondary N) is 1. The van der Waals surface area contributed by atoms with E-state index in [2.05, 4.69) is 22.7 Å². The molecule has 8 heteroatoms. The zero-order valence-corrected chi connectivity index (χ0v) is 9.73. The highest BCUT2D eigenvalue weighted by Crippen LogP contribution is 2.22. The van der Waals surface area contributed by atoms with Crippen LogP contribution >= 0.6 is 12.2 Å². The number of non-ortho nitro benzene ring substituents is 1. The fourth-order valence-electron chi connectivity index (χ4n) is 1.10. The number of nitrogens with zero attached hydrogens (tertiary/aromatic N) is 2. The van der Waals surface area contributed by atoms with Crippen molar-refractivity contribution in [3.05, 3.63) is 33.9 Å². The lowest BCUT2D eigenvalue weighted by Crippen LogP contribution is -2.24. The average Bonchev–Trinajstić information content (AvgIpc) is 2.28. The molecule has 0 spiro atoms. The maximum absolute atomic E-state index is 10.6. The smallest absolute Gasteiger partial charge is 0.270 e. The fraction of sp³-hybridized carbons (Fsp3) is 0.111. The van der Waals surface area contributed by atoms with Crippen molar-refractivity contribution in [3.8, 4) is 5.75 Å². The normalized spacial score (nSPS) is 10.2. The lowest BCUT2D eigenvalue weighted by Gasteiger charge is -2.03. The molecule has 0 fully saturated rings. The molecule has 17 heavy (non-hydrogen) atoms. The summed E-state index contributed by atoms with van der Waals surface area (Å²) in [6, 6.07) is 4.17. The molecule has 0 atom stereocenters. The first kappa shape index (κ1) is 12.8. The summed E-state index contributed by atoms with van der Waals surface area (Å²) in [5.74, 6) is 0.462. The Labute approximate surface area is 102 Å². The Morgan fingerprint density at radius 3 is 2.94 bits per heavy atom. The van der Waals surface area contributed by atoms with Gasteiger partial charge in [-0.25, -0.2) is 0 Å². The van der Waals surface area contributed by atoms with Crippen LogP contribution in [0.4, 0.5) is 5.69 Å². The molecule has 0 heterocycles. The molecule has 90 valence electrons. The third-order valence-electron chi connectivity index (χ3n) is 1.80. The molecule has 1 aromatic rings. The molecule has 0 aromatic heterocycles. The van der Waals surface area contributed by atoms with Crippen molar-refractivity contribution < 1.29 is 9.66 Å². The summed E-state index contributed by atoms with van der Waals surface area (Å²) in [6.07, 6.45) is 1.34. The van der Waals surface area contributed by atoms with Gasteiger partial charge in [-0.3, -0.25) is 15.5 Å². The van der Waals surface area contributed by atoms with Gasteiger partial charge in [-0.1, -0.05) is 0 Å². The first-order chi connectivity index (χ1) is 8.04. The molecular formula is C9H10N4O3S. The lowest BCUT2D eigenvalue weighted by atomic mass is 10.2. The Morgan fingerprint density at radius 1 is 1.71 bits per heavy atom. The van der Waals surface area contributed by atoms with Gasteiger partial charge in [-0.2, -0.15) is 5.10 Å². The molecule has 0 amide bonds. The van der Waals surface area contributed by atoms with Gasteiger partial charge in [0.2, 0.25) is 0 Å². The monoisotopic (exact) mass is 254 g/mol. The highest BCUT2D eigenvalue weighted by Gasteiger charge is 2.09. The lowest BCUT2D eigenvalue weighted by molar-refractivity contribution is -0.384. The molecule has 1 aromatic carbocycles. The van der Waals surface area contributed by atoms with Crippen LogP contribution in [0, 0.1) is 10.1 Å². The number of hydrogen-bond donors (Lipinski definition) is 2. The summed E-state index contributed by atoms with van der Waals surface area (Å²) in [7, 11) is 1.46. The van der Waals surface area contributed by atoms with E-state index in [1.54, 1.807) is 0 Å². The minimum Gasteiger partial charge on any atom is -0.496 e. The SMILES string of the molecule is COc1ccc([N+](=O)[O-])cc1/C=N/NC(N)=S. The summed E-state index contributed by atoms with van der Waals surface area (Å²) >= 11 is 4.55. The highest BCUT2D eigenvalue weighted by molar-refractivity contribution is 7.80. The molecule has 0 aliphatic rings. The second-order valence-corrected chi connectivity index (χ2v) is 3.36. The maximum Gasteiger partial charge on any atom is 0.270 e. The number of benzene rings is 1. The van der Waals surface area contributed by atoms with Gasteiger partial charge in [0, 0.05) is 17.7 Å². The van der Waals surface area contributed by atoms with Gasteiger partial charge in [0.1, 0.15) is 5.75 Å². The number of thiocarbonyl (C=S) groups is 1. The molecular weight excluding hydrogens is 244 g/mol. The summed E-state index contributed by atoms with van der Waals surface area (Å²) in [6.45, 7) is 0. The highest BCUT2D eigenvalue weighted by atomic mass is 32.1. The van der Waals surface area contributed by atoms with Crippen LogP contribution in [0.5, 0.6) is 5.75 Å². The van der Waals surface area contributed by atoms with E-state index in [4.69, 9.17) is 10.5 Å². The van der Waals surface area contributed by atoms with Gasteiger partial charge >= 0.3 is 0 Å². The van der Waals surface area contributed by atoms with Crippen molar-refractivity contribution in [1.82, 2.24) is 5.43 Å². The first-order valence-corrected chi connectivity index (χ1v) is 4.86. The fourth-order valence-corrected chi connectivity index (χ4v) is 1.15. The first-order valence-electron chi connectivity index (χ1n) is 4.45. The Hall–Kier alpha value is -2.22. The quantitative estimate of drug-likeness (QED) is 0.356. The number of ether oxygens (including phenoxy) is 1. The molecule has 0 saturated carbocycles. The standard InChI is InChI=1S/C9H10N4O3S/c1-16-8-3-2-7(13(14)15)4-6(8)5-11-12-9(10)17/h2-5H,1H3,(H3,10,12,17)/b11-5+. The maximum atomic E-state index is 10.6. The van der Waals surface area contributed by atoms with Gasteiger partial charge in [-0.15, -0.1) is 0 Å². The van der Waals surface area contributed by atoms with Gasteiger partial charge in [-0.05, 0) is 18.3 Å². The minimum atomic E-state index is -0.502. The number of methoxy groups -OCH3 is 1. The van der Waals surface area contributed by atoms with Crippen molar-refractivity contribution >= 4 is 29.2 Å². The van der Waals surface area contributed by atoms with Gasteiger partial charge in [0.05, 0.1) is 18.2 Å². The predicted molar refractivity (Wildman–Crippen MR) is 67.2 cm³/mol. The average molecular weight is 254 g/mol. The van der Waals surface area contributed by atoms with E-state index in [0.29, 0.717) is 11.3 Å². The van der Waals surface area contributed by atoms with E-state index < -0.39 is 4.92 Å². The zero-order chi connectivity index (χ0) is 12.8. The van der Waals surface area contributed by atoms with Gasteiger partial charge < -0.3 is 10.5 Å². The van der Waals surface area contributed by atoms with E-state index in [-0.39, 0.29) is 10.8 Å². The molecule has 7 nitrogen and oxygen atoms in total. The van der Waals surface area contributed by atoms with Crippen molar-refractivity contribution in [2.75, 3.05) is 7.11 Å². The van der Waals surface area contributed by atoms with Crippen LogP contribution in [0.1, 0.15) is 5.56 Å². The number of hydrogen-bond acceptors (Lipinski definition) is 5. The molecule has 0 saturated heterocycles. The van der Waals surface area contributed by atoms with Crippen LogP contribution in [-0.2, 0) is 0 Å². The Bertz CT molecular complexity index is 475. The van der Waals surface area contributed by atoms with E-state index in [1.165, 1.54) is 31.5 Å². The Morgan fingerprint density at radius 2 is 2.41 bits per heavy atom. The van der Waals surface area contributed by atoms with E-state index >= 15 is 0 Å². The van der Waals surface area contributed by atoms with E-state index in [1.807, 2.05) is 0 Å². The van der Waals surface area contributed by atoms with Crippen LogP contribution < -0.4 is 15.9 Å². The molecule has 1 rings (SSSR count). The number of nitro groups is 1. The number of nitrogens with two attached hydrogens (primary N) is 1. The van der Waals surface area contributed by atoms with Crippen molar-refractivity contribution in [1.29, 1.82) is 0 Å². The largest absolute Gasteiger partial charge is 0.496 e. The minimum absolute atomic E-state index is 0.00523. The molecule has 0 radical (unpaired) electrons. The third-order valence-corrected chi connectivity index (χ3v) is 1.89. The van der Waals surface area contributed by atoms with Crippen LogP contribution in [0.25, 0.3) is 0 Å². The Kier molecular flexibility index (Phi) is 4.35. The third kappa shape index (κ3) is 3.68. The van der Waals surface area contributed by atoms with Crippen LogP contribution in [0.15, 0.2) is 23.3 Å². The summed E-state index contributed by atoms with van der Waals surface area (Å²) in [5, 5.41) is 14.3. The van der Waals surface area contributed by atoms with Crippen molar-refractivity contribution in [2.24, 2.45) is 10.8 Å². The zero-order valence-electron chi connectivity index (χ0n) is 8.91.